The van der Waals surface area contributed by atoms with Crippen LogP contribution in [0.3, 0.4) is 0 Å². The van der Waals surface area contributed by atoms with E-state index in [-0.39, 0.29) is 4.91 Å². The van der Waals surface area contributed by atoms with E-state index in [1.807, 2.05) is 0 Å². The topological polar surface area (TPSA) is 0 Å². The van der Waals surface area contributed by atoms with Gasteiger partial charge in [0.1, 0.15) is 0 Å². The Morgan fingerprint density at radius 3 is 1.74 bits per heavy atom. The Bertz CT molecular complexity index is 1050. The fourth-order valence-electron chi connectivity index (χ4n) is 2.22. The molecule has 2 heterocycles. The highest BCUT2D eigenvalue weighted by atomic mass is 32.2. The van der Waals surface area contributed by atoms with Crippen molar-refractivity contribution in [2.45, 2.75) is 20.5 Å². The summed E-state index contributed by atoms with van der Waals surface area (Å²) in [4.78, 5) is -0.638. The van der Waals surface area contributed by atoms with Gasteiger partial charge in [-0.15, -0.1) is 22.7 Å². The number of rotatable bonds is 7. The summed E-state index contributed by atoms with van der Waals surface area (Å²) in [5.41, 5.74) is 0.346. The quantitative estimate of drug-likeness (QED) is 0.176. The van der Waals surface area contributed by atoms with Crippen LogP contribution in [0.25, 0.3) is 4.91 Å². The lowest BCUT2D eigenvalue weighted by atomic mass is 10.2. The summed E-state index contributed by atoms with van der Waals surface area (Å²) in [6, 6.07) is 14.4. The predicted octanol–water partition coefficient (Wildman–Crippen LogP) is 9.41. The van der Waals surface area contributed by atoms with Crippen LogP contribution in [-0.2, 0) is 0 Å². The third-order valence-corrected chi connectivity index (χ3v) is 8.10. The number of halogens is 7. The summed E-state index contributed by atoms with van der Waals surface area (Å²) < 4.78 is 95.7. The molecular weight excluding hydrogens is 501 g/mol. The molecule has 164 valence electrons. The number of thiophene rings is 2. The average Bonchev–Trinajstić information content (AvgIpc) is 3.43. The van der Waals surface area contributed by atoms with E-state index in [2.05, 4.69) is 0 Å². The van der Waals surface area contributed by atoms with E-state index >= 15 is 4.39 Å². The Labute approximate surface area is 189 Å². The van der Waals surface area contributed by atoms with Gasteiger partial charge in [-0.1, -0.05) is 66.0 Å². The van der Waals surface area contributed by atoms with E-state index in [1.54, 1.807) is 47.2 Å². The molecule has 0 aliphatic heterocycles. The second-order valence-electron chi connectivity index (χ2n) is 5.79. The molecule has 0 spiro atoms. The lowest BCUT2D eigenvalue weighted by Gasteiger charge is -2.20. The minimum atomic E-state index is -6.28. The van der Waals surface area contributed by atoms with E-state index in [4.69, 9.17) is 0 Å². The van der Waals surface area contributed by atoms with Gasteiger partial charge in [0.15, 0.2) is 5.83 Å². The van der Waals surface area contributed by atoms with Crippen molar-refractivity contribution in [3.63, 3.8) is 0 Å². The molecule has 0 saturated heterocycles. The van der Waals surface area contributed by atoms with Gasteiger partial charge in [0.2, 0.25) is 5.83 Å². The van der Waals surface area contributed by atoms with Gasteiger partial charge >= 0.3 is 12.1 Å². The van der Waals surface area contributed by atoms with Gasteiger partial charge in [-0.05, 0) is 28.5 Å². The molecule has 0 amide bonds. The lowest BCUT2D eigenvalue weighted by Crippen LogP contribution is -2.37. The zero-order valence-electron chi connectivity index (χ0n) is 15.1. The van der Waals surface area contributed by atoms with E-state index < -0.39 is 28.7 Å². The highest BCUT2D eigenvalue weighted by molar-refractivity contribution is 8.12. The maximum atomic E-state index is 15.1. The first-order valence-electron chi connectivity index (χ1n) is 8.34. The summed E-state index contributed by atoms with van der Waals surface area (Å²) in [6.07, 6.45) is -6.28. The van der Waals surface area contributed by atoms with Crippen LogP contribution in [0.2, 0.25) is 0 Å². The van der Waals surface area contributed by atoms with Gasteiger partial charge in [-0.3, -0.25) is 0 Å². The van der Waals surface area contributed by atoms with Gasteiger partial charge < -0.3 is 0 Å². The van der Waals surface area contributed by atoms with Gasteiger partial charge in [-0.2, -0.15) is 22.0 Å². The van der Waals surface area contributed by atoms with Crippen LogP contribution in [0, 0.1) is 0 Å². The number of benzene rings is 1. The molecule has 31 heavy (non-hydrogen) atoms. The van der Waals surface area contributed by atoms with Gasteiger partial charge in [-0.25, -0.2) is 8.78 Å². The maximum Gasteiger partial charge on any atom is 0.460 e. The standard InChI is InChI=1S/C20H11F7S4/c21-15(18(22)19(23,24)20(25,26)27)17(31-14-9-5-11-29-14)16(12-6-2-1-3-7-12)30-13-8-4-10-28-13/h1-11H/b17-16-,18-15+. The molecule has 3 rings (SSSR count). The molecule has 3 aromatic rings. The molecule has 1 aromatic carbocycles. The first-order chi connectivity index (χ1) is 14.6. The molecule has 11 heteroatoms. The van der Waals surface area contributed by atoms with Crippen molar-refractivity contribution in [3.05, 3.63) is 87.5 Å². The second-order valence-corrected chi connectivity index (χ2v) is 10.3. The predicted molar refractivity (Wildman–Crippen MR) is 114 cm³/mol. The Kier molecular flexibility index (Phi) is 7.61. The van der Waals surface area contributed by atoms with Crippen molar-refractivity contribution >= 4 is 51.1 Å². The number of hydrogen-bond acceptors (Lipinski definition) is 4. The number of alkyl halides is 5. The number of hydrogen-bond donors (Lipinski definition) is 0. The fraction of sp³-hybridized carbons (Fsp3) is 0.100. The second kappa shape index (κ2) is 9.85. The van der Waals surface area contributed by atoms with Crippen LogP contribution < -0.4 is 0 Å². The smallest absolute Gasteiger partial charge is 0.203 e. The minimum Gasteiger partial charge on any atom is -0.203 e. The van der Waals surface area contributed by atoms with Crippen LogP contribution in [0.15, 0.2) is 90.3 Å². The van der Waals surface area contributed by atoms with Crippen LogP contribution >= 0.6 is 46.2 Å². The molecule has 0 fully saturated rings. The third-order valence-electron chi connectivity index (χ3n) is 3.66. The van der Waals surface area contributed by atoms with Gasteiger partial charge in [0.05, 0.1) is 13.3 Å². The monoisotopic (exact) mass is 512 g/mol. The van der Waals surface area contributed by atoms with E-state index in [9.17, 15) is 26.3 Å². The normalized spacial score (nSPS) is 14.3. The summed E-state index contributed by atoms with van der Waals surface area (Å²) >= 11 is 3.93. The van der Waals surface area contributed by atoms with Crippen LogP contribution in [-0.4, -0.2) is 12.1 Å². The van der Waals surface area contributed by atoms with Gasteiger partial charge in [0, 0.05) is 4.91 Å². The maximum absolute atomic E-state index is 15.1. The first kappa shape index (κ1) is 24.0. The summed E-state index contributed by atoms with van der Waals surface area (Å²) in [5, 5.41) is 3.35. The van der Waals surface area contributed by atoms with Crippen LogP contribution in [0.5, 0.6) is 0 Å². The van der Waals surface area contributed by atoms with Crippen molar-refractivity contribution in [3.8, 4) is 0 Å². The molecule has 0 radical (unpaired) electrons. The van der Waals surface area contributed by atoms with Crippen molar-refractivity contribution in [2.24, 2.45) is 0 Å². The molecule has 0 nitrogen and oxygen atoms in total. The van der Waals surface area contributed by atoms with Crippen molar-refractivity contribution in [1.29, 1.82) is 0 Å². The van der Waals surface area contributed by atoms with Gasteiger partial charge in [0.25, 0.3) is 0 Å². The van der Waals surface area contributed by atoms with E-state index in [0.717, 1.165) is 23.1 Å². The van der Waals surface area contributed by atoms with E-state index in [0.29, 0.717) is 25.7 Å². The first-order valence-corrected chi connectivity index (χ1v) is 11.7. The molecule has 0 aliphatic rings. The molecule has 0 N–H and O–H groups in total. The summed E-state index contributed by atoms with van der Waals surface area (Å²) in [5.74, 6) is -11.4. The molecule has 0 aliphatic carbocycles. The summed E-state index contributed by atoms with van der Waals surface area (Å²) in [7, 11) is 0. The zero-order valence-corrected chi connectivity index (χ0v) is 18.4. The Balaban J connectivity index is 2.25. The largest absolute Gasteiger partial charge is 0.460 e. The molecule has 2 aromatic heterocycles. The zero-order chi connectivity index (χ0) is 22.6. The summed E-state index contributed by atoms with van der Waals surface area (Å²) in [6.45, 7) is 0. The Hall–Kier alpha value is -1.69. The average molecular weight is 513 g/mol. The molecule has 0 unspecified atom stereocenters. The number of thioether (sulfide) groups is 2. The number of allylic oxidation sites excluding steroid dienone is 2. The van der Waals surface area contributed by atoms with Crippen molar-refractivity contribution in [1.82, 2.24) is 0 Å². The molecular formula is C20H11F7S4. The SMILES string of the molecule is FC(/C(Sc1cccs1)=C(/Sc1cccs1)c1ccccc1)=C(/F)C(F)(F)C(F)(F)F. The highest BCUT2D eigenvalue weighted by Gasteiger charge is 2.62. The van der Waals surface area contributed by atoms with E-state index in [1.165, 1.54) is 29.5 Å². The third kappa shape index (κ3) is 5.57. The van der Waals surface area contributed by atoms with Crippen molar-refractivity contribution in [2.75, 3.05) is 0 Å². The minimum absolute atomic E-state index is 0.0204. The molecule has 0 bridgehead atoms. The highest BCUT2D eigenvalue weighted by Crippen LogP contribution is 2.51. The fourth-order valence-corrected chi connectivity index (χ4v) is 6.11. The Morgan fingerprint density at radius 1 is 0.710 bits per heavy atom. The van der Waals surface area contributed by atoms with Crippen LogP contribution in [0.1, 0.15) is 5.56 Å². The Morgan fingerprint density at radius 2 is 1.26 bits per heavy atom. The van der Waals surface area contributed by atoms with Crippen LogP contribution in [0.4, 0.5) is 30.7 Å². The molecule has 0 saturated carbocycles. The molecule has 0 atom stereocenters. The van der Waals surface area contributed by atoms with Crippen molar-refractivity contribution < 1.29 is 30.7 Å². The lowest BCUT2D eigenvalue weighted by molar-refractivity contribution is -0.271.